The Kier molecular flexibility index (Phi) is 4.39. The van der Waals surface area contributed by atoms with Gasteiger partial charge in [0.05, 0.1) is 12.8 Å². The van der Waals surface area contributed by atoms with Gasteiger partial charge < -0.3 is 15.2 Å². The van der Waals surface area contributed by atoms with Crippen molar-refractivity contribution in [2.24, 2.45) is 0 Å². The molecule has 1 heterocycles. The highest BCUT2D eigenvalue weighted by molar-refractivity contribution is 5.57. The summed E-state index contributed by atoms with van der Waals surface area (Å²) in [6.45, 7) is 4.07. The smallest absolute Gasteiger partial charge is 0.224 e. The van der Waals surface area contributed by atoms with Crippen LogP contribution in [0.4, 0.5) is 5.69 Å². The van der Waals surface area contributed by atoms with Gasteiger partial charge in [-0.05, 0) is 25.5 Å². The van der Waals surface area contributed by atoms with E-state index in [1.807, 2.05) is 29.7 Å². The minimum absolute atomic E-state index is 0.113. The standard InChI is InChI=1S/C16H19N3O2/c1-4-11(2)19-12(10-17)9-13(18)16(19)21-15-8-6-5-7-14(15)20-3/h5-9,11H,4,18H2,1-3H3. The van der Waals surface area contributed by atoms with E-state index < -0.39 is 0 Å². The van der Waals surface area contributed by atoms with Gasteiger partial charge >= 0.3 is 0 Å². The van der Waals surface area contributed by atoms with Crippen molar-refractivity contribution in [3.8, 4) is 23.4 Å². The Morgan fingerprint density at radius 1 is 1.33 bits per heavy atom. The van der Waals surface area contributed by atoms with Crippen molar-refractivity contribution in [2.75, 3.05) is 12.8 Å². The molecule has 0 amide bonds. The molecule has 2 rings (SSSR count). The topological polar surface area (TPSA) is 73.2 Å². The molecule has 5 nitrogen and oxygen atoms in total. The average molecular weight is 285 g/mol. The highest BCUT2D eigenvalue weighted by Gasteiger charge is 2.20. The van der Waals surface area contributed by atoms with Gasteiger partial charge in [0, 0.05) is 12.1 Å². The van der Waals surface area contributed by atoms with E-state index in [0.717, 1.165) is 6.42 Å². The number of aromatic nitrogens is 1. The SMILES string of the molecule is CCC(C)n1c(C#N)cc(N)c1Oc1ccccc1OC. The van der Waals surface area contributed by atoms with Crippen molar-refractivity contribution in [1.82, 2.24) is 4.57 Å². The molecule has 2 N–H and O–H groups in total. The van der Waals surface area contributed by atoms with Crippen molar-refractivity contribution in [3.63, 3.8) is 0 Å². The van der Waals surface area contributed by atoms with Crippen LogP contribution in [0.25, 0.3) is 0 Å². The normalized spacial score (nSPS) is 11.7. The van der Waals surface area contributed by atoms with Crippen molar-refractivity contribution >= 4 is 5.69 Å². The second-order valence-electron chi connectivity index (χ2n) is 4.78. The Hall–Kier alpha value is -2.61. The summed E-state index contributed by atoms with van der Waals surface area (Å²) >= 11 is 0. The van der Waals surface area contributed by atoms with Crippen LogP contribution in [0.3, 0.4) is 0 Å². The van der Waals surface area contributed by atoms with Crippen LogP contribution in [0.1, 0.15) is 32.0 Å². The number of nitrogen functional groups attached to an aromatic ring is 1. The second-order valence-corrected chi connectivity index (χ2v) is 4.78. The number of hydrogen-bond acceptors (Lipinski definition) is 4. The fraction of sp³-hybridized carbons (Fsp3) is 0.312. The molecule has 0 spiro atoms. The van der Waals surface area contributed by atoms with Crippen LogP contribution in [-0.4, -0.2) is 11.7 Å². The molecule has 0 radical (unpaired) electrons. The molecule has 5 heteroatoms. The summed E-state index contributed by atoms with van der Waals surface area (Å²) in [6, 6.07) is 11.2. The lowest BCUT2D eigenvalue weighted by Gasteiger charge is -2.18. The first-order chi connectivity index (χ1) is 10.1. The number of ether oxygens (including phenoxy) is 2. The number of anilines is 1. The minimum Gasteiger partial charge on any atom is -0.493 e. The first-order valence-corrected chi connectivity index (χ1v) is 6.84. The molecule has 1 aromatic carbocycles. The van der Waals surface area contributed by atoms with Gasteiger partial charge in [-0.1, -0.05) is 19.1 Å². The first-order valence-electron chi connectivity index (χ1n) is 6.84. The van der Waals surface area contributed by atoms with E-state index in [9.17, 15) is 5.26 Å². The Bertz CT molecular complexity index is 671. The number of nitrogens with two attached hydrogens (primary N) is 1. The van der Waals surface area contributed by atoms with Gasteiger partial charge in [-0.3, -0.25) is 4.57 Å². The third-order valence-corrected chi connectivity index (χ3v) is 3.44. The average Bonchev–Trinajstić information content (AvgIpc) is 2.83. The van der Waals surface area contributed by atoms with Gasteiger partial charge in [0.15, 0.2) is 11.5 Å². The van der Waals surface area contributed by atoms with Gasteiger partial charge in [-0.2, -0.15) is 5.26 Å². The predicted octanol–water partition coefficient (Wildman–Crippen LogP) is 3.71. The monoisotopic (exact) mass is 285 g/mol. The molecule has 0 aliphatic carbocycles. The van der Waals surface area contributed by atoms with E-state index in [-0.39, 0.29) is 6.04 Å². The molecule has 0 aliphatic heterocycles. The zero-order valence-corrected chi connectivity index (χ0v) is 12.5. The molecule has 0 bridgehead atoms. The van der Waals surface area contributed by atoms with E-state index in [1.165, 1.54) is 0 Å². The van der Waals surface area contributed by atoms with Gasteiger partial charge in [-0.15, -0.1) is 0 Å². The molecule has 0 saturated heterocycles. The fourth-order valence-corrected chi connectivity index (χ4v) is 2.15. The number of nitrogens with zero attached hydrogens (tertiary/aromatic N) is 2. The van der Waals surface area contributed by atoms with Crippen LogP contribution in [0.5, 0.6) is 17.4 Å². The van der Waals surface area contributed by atoms with E-state index >= 15 is 0 Å². The number of hydrogen-bond donors (Lipinski definition) is 1. The molecule has 1 aromatic heterocycles. The molecule has 0 aliphatic rings. The lowest BCUT2D eigenvalue weighted by Crippen LogP contribution is -2.08. The summed E-state index contributed by atoms with van der Waals surface area (Å²) in [7, 11) is 1.58. The number of methoxy groups -OCH3 is 1. The molecule has 0 saturated carbocycles. The Labute approximate surface area is 124 Å². The van der Waals surface area contributed by atoms with Gasteiger partial charge in [0.2, 0.25) is 5.88 Å². The summed E-state index contributed by atoms with van der Waals surface area (Å²) in [5.41, 5.74) is 6.95. The summed E-state index contributed by atoms with van der Waals surface area (Å²) in [4.78, 5) is 0. The van der Waals surface area contributed by atoms with E-state index in [2.05, 4.69) is 13.0 Å². The number of benzene rings is 1. The van der Waals surface area contributed by atoms with Crippen LogP contribution >= 0.6 is 0 Å². The van der Waals surface area contributed by atoms with Gasteiger partial charge in [0.1, 0.15) is 11.8 Å². The van der Waals surface area contributed by atoms with Crippen molar-refractivity contribution in [1.29, 1.82) is 5.26 Å². The molecule has 1 unspecified atom stereocenters. The molecule has 1 atom stereocenters. The van der Waals surface area contributed by atoms with Crippen LogP contribution in [0.15, 0.2) is 30.3 Å². The van der Waals surface area contributed by atoms with Gasteiger partial charge in [-0.25, -0.2) is 0 Å². The largest absolute Gasteiger partial charge is 0.493 e. The third kappa shape index (κ3) is 2.79. The van der Waals surface area contributed by atoms with Crippen LogP contribution in [0.2, 0.25) is 0 Å². The van der Waals surface area contributed by atoms with E-state index in [1.54, 1.807) is 19.2 Å². The van der Waals surface area contributed by atoms with Crippen molar-refractivity contribution < 1.29 is 9.47 Å². The number of rotatable bonds is 5. The molecular formula is C16H19N3O2. The minimum atomic E-state index is 0.113. The molecule has 0 fully saturated rings. The summed E-state index contributed by atoms with van der Waals surface area (Å²) in [6.07, 6.45) is 0.866. The Morgan fingerprint density at radius 2 is 2.00 bits per heavy atom. The number of nitriles is 1. The lowest BCUT2D eigenvalue weighted by molar-refractivity contribution is 0.356. The summed E-state index contributed by atoms with van der Waals surface area (Å²) < 4.78 is 13.0. The fourth-order valence-electron chi connectivity index (χ4n) is 2.15. The van der Waals surface area contributed by atoms with E-state index in [4.69, 9.17) is 15.2 Å². The molecule has 21 heavy (non-hydrogen) atoms. The Morgan fingerprint density at radius 3 is 2.57 bits per heavy atom. The van der Waals surface area contributed by atoms with Crippen molar-refractivity contribution in [2.45, 2.75) is 26.3 Å². The zero-order valence-electron chi connectivity index (χ0n) is 12.5. The highest BCUT2D eigenvalue weighted by Crippen LogP contribution is 2.38. The second kappa shape index (κ2) is 6.23. The maximum atomic E-state index is 9.26. The van der Waals surface area contributed by atoms with Crippen LogP contribution < -0.4 is 15.2 Å². The molecular weight excluding hydrogens is 266 g/mol. The maximum Gasteiger partial charge on any atom is 0.224 e. The zero-order chi connectivity index (χ0) is 15.4. The Balaban J connectivity index is 2.49. The summed E-state index contributed by atoms with van der Waals surface area (Å²) in [5, 5.41) is 9.26. The quantitative estimate of drug-likeness (QED) is 0.908. The van der Waals surface area contributed by atoms with E-state index in [0.29, 0.717) is 28.8 Å². The lowest BCUT2D eigenvalue weighted by atomic mass is 10.2. The summed E-state index contributed by atoms with van der Waals surface area (Å²) in [5.74, 6) is 1.66. The van der Waals surface area contributed by atoms with Gasteiger partial charge in [0.25, 0.3) is 0 Å². The van der Waals surface area contributed by atoms with Crippen LogP contribution in [-0.2, 0) is 0 Å². The third-order valence-electron chi connectivity index (χ3n) is 3.44. The highest BCUT2D eigenvalue weighted by atomic mass is 16.5. The maximum absolute atomic E-state index is 9.26. The number of para-hydroxylation sites is 2. The first kappa shape index (κ1) is 14.8. The molecule has 110 valence electrons. The predicted molar refractivity (Wildman–Crippen MR) is 81.6 cm³/mol. The molecule has 2 aromatic rings. The van der Waals surface area contributed by atoms with Crippen LogP contribution in [0, 0.1) is 11.3 Å². The van der Waals surface area contributed by atoms with Crippen molar-refractivity contribution in [3.05, 3.63) is 36.0 Å².